The van der Waals surface area contributed by atoms with Crippen molar-refractivity contribution in [2.75, 3.05) is 36.7 Å². The minimum atomic E-state index is -1.09. The van der Waals surface area contributed by atoms with Gasteiger partial charge >= 0.3 is 6.03 Å². The molecule has 5 rings (SSSR count). The molecule has 0 radical (unpaired) electrons. The number of amides is 3. The van der Waals surface area contributed by atoms with Crippen molar-refractivity contribution in [3.8, 4) is 11.5 Å². The highest BCUT2D eigenvalue weighted by Crippen LogP contribution is 2.54. The fraction of sp³-hybridized carbons (Fsp3) is 0.231. The number of fused-ring (bicyclic) bond motifs is 2. The number of methoxy groups -OCH3 is 2. The summed E-state index contributed by atoms with van der Waals surface area (Å²) in [6, 6.07) is 22.3. The Balaban J connectivity index is 1.47. The highest BCUT2D eigenvalue weighted by molar-refractivity contribution is 8.01. The van der Waals surface area contributed by atoms with Crippen LogP contribution in [-0.2, 0) is 16.2 Å². The van der Waals surface area contributed by atoms with E-state index in [2.05, 4.69) is 5.32 Å². The number of rotatable bonds is 5. The van der Waals surface area contributed by atoms with Gasteiger partial charge in [0.25, 0.3) is 5.91 Å². The molecule has 1 N–H and O–H groups in total. The van der Waals surface area contributed by atoms with Gasteiger partial charge in [-0.25, -0.2) is 4.79 Å². The van der Waals surface area contributed by atoms with Crippen molar-refractivity contribution >= 4 is 35.1 Å². The van der Waals surface area contributed by atoms with Crippen molar-refractivity contribution in [2.45, 2.75) is 11.4 Å². The molecule has 34 heavy (non-hydrogen) atoms. The summed E-state index contributed by atoms with van der Waals surface area (Å²) in [7, 11) is 3.22. The first-order valence-corrected chi connectivity index (χ1v) is 12.0. The van der Waals surface area contributed by atoms with Crippen LogP contribution in [0.4, 0.5) is 16.2 Å². The lowest BCUT2D eigenvalue weighted by Crippen LogP contribution is -2.51. The summed E-state index contributed by atoms with van der Waals surface area (Å²) in [5.74, 6) is 2.01. The zero-order valence-electron chi connectivity index (χ0n) is 19.0. The molecule has 1 fully saturated rings. The summed E-state index contributed by atoms with van der Waals surface area (Å²) in [4.78, 5) is 29.8. The first-order chi connectivity index (χ1) is 16.6. The lowest BCUT2D eigenvalue weighted by Gasteiger charge is -2.33. The van der Waals surface area contributed by atoms with Crippen molar-refractivity contribution in [1.29, 1.82) is 0 Å². The fourth-order valence-electron chi connectivity index (χ4n) is 4.54. The van der Waals surface area contributed by atoms with Crippen LogP contribution in [0.3, 0.4) is 0 Å². The summed E-state index contributed by atoms with van der Waals surface area (Å²) in [5, 5.41) is 2.95. The molecule has 3 aromatic carbocycles. The summed E-state index contributed by atoms with van der Waals surface area (Å²) >= 11 is 1.51. The monoisotopic (exact) mass is 475 g/mol. The van der Waals surface area contributed by atoms with E-state index in [1.54, 1.807) is 48.3 Å². The maximum Gasteiger partial charge on any atom is 0.323 e. The second kappa shape index (κ2) is 8.95. The van der Waals surface area contributed by atoms with Crippen molar-refractivity contribution in [1.82, 2.24) is 4.90 Å². The lowest BCUT2D eigenvalue weighted by molar-refractivity contribution is -0.123. The summed E-state index contributed by atoms with van der Waals surface area (Å²) in [5.41, 5.74) is 3.27. The van der Waals surface area contributed by atoms with E-state index in [1.165, 1.54) is 11.8 Å². The molecule has 1 atom stereocenters. The Bertz CT molecular complexity index is 1230. The van der Waals surface area contributed by atoms with Crippen LogP contribution >= 0.6 is 11.8 Å². The van der Waals surface area contributed by atoms with Crippen molar-refractivity contribution in [2.24, 2.45) is 0 Å². The average Bonchev–Trinajstić information content (AvgIpc) is 3.42. The Morgan fingerprint density at radius 1 is 1.00 bits per heavy atom. The third kappa shape index (κ3) is 3.64. The molecule has 0 aromatic heterocycles. The molecule has 2 aliphatic rings. The molecule has 2 aliphatic heterocycles. The molecule has 1 saturated heterocycles. The van der Waals surface area contributed by atoms with Gasteiger partial charge in [0.05, 0.1) is 26.5 Å². The molecular formula is C26H25N3O4S. The number of hydrogen-bond donors (Lipinski definition) is 1. The van der Waals surface area contributed by atoms with E-state index in [-0.39, 0.29) is 11.9 Å². The number of carbonyl (C=O) groups is 2. The van der Waals surface area contributed by atoms with Gasteiger partial charge in [0.1, 0.15) is 11.5 Å². The zero-order chi connectivity index (χ0) is 23.7. The van der Waals surface area contributed by atoms with Crippen LogP contribution in [0.15, 0.2) is 72.8 Å². The molecule has 1 spiro atoms. The predicted octanol–water partition coefficient (Wildman–Crippen LogP) is 4.68. The Labute approximate surface area is 202 Å². The van der Waals surface area contributed by atoms with Crippen LogP contribution in [0.1, 0.15) is 11.1 Å². The number of nitrogens with one attached hydrogen (secondary N) is 1. The van der Waals surface area contributed by atoms with Crippen molar-refractivity contribution in [3.63, 3.8) is 0 Å². The minimum Gasteiger partial charge on any atom is -0.497 e. The van der Waals surface area contributed by atoms with Crippen LogP contribution in [0.2, 0.25) is 0 Å². The van der Waals surface area contributed by atoms with Gasteiger partial charge in [0.15, 0.2) is 4.87 Å². The predicted molar refractivity (Wildman–Crippen MR) is 133 cm³/mol. The molecule has 0 saturated carbocycles. The summed E-state index contributed by atoms with van der Waals surface area (Å²) < 4.78 is 10.5. The minimum absolute atomic E-state index is 0.107. The number of hydrogen-bond acceptors (Lipinski definition) is 5. The molecule has 0 aliphatic carbocycles. The molecule has 2 heterocycles. The molecule has 0 unspecified atom stereocenters. The van der Waals surface area contributed by atoms with Crippen LogP contribution in [0.5, 0.6) is 11.5 Å². The SMILES string of the molecule is COc1ccc(NC(=O)N2CCS[C@]23C(=O)N(Cc2cccc(OC)c2)c2ccccc23)cc1. The van der Waals surface area contributed by atoms with Crippen LogP contribution < -0.4 is 19.7 Å². The number of nitrogens with zero attached hydrogens (tertiary/aromatic N) is 2. The van der Waals surface area contributed by atoms with Gasteiger partial charge in [-0.2, -0.15) is 0 Å². The molecule has 3 aromatic rings. The normalized spacial score (nSPS) is 18.8. The van der Waals surface area contributed by atoms with Gasteiger partial charge < -0.3 is 19.7 Å². The van der Waals surface area contributed by atoms with E-state index >= 15 is 0 Å². The molecule has 0 bridgehead atoms. The fourth-order valence-corrected chi connectivity index (χ4v) is 6.00. The number of carbonyl (C=O) groups excluding carboxylic acids is 2. The smallest absolute Gasteiger partial charge is 0.323 e. The Hall–Kier alpha value is -3.65. The van der Waals surface area contributed by atoms with Gasteiger partial charge in [-0.3, -0.25) is 9.69 Å². The maximum absolute atomic E-state index is 14.0. The number of para-hydroxylation sites is 1. The van der Waals surface area contributed by atoms with E-state index in [4.69, 9.17) is 9.47 Å². The highest BCUT2D eigenvalue weighted by Gasteiger charge is 2.59. The maximum atomic E-state index is 14.0. The second-order valence-corrected chi connectivity index (χ2v) is 9.35. The van der Waals surface area contributed by atoms with Gasteiger partial charge in [0, 0.05) is 23.5 Å². The van der Waals surface area contributed by atoms with E-state index in [0.717, 1.165) is 22.6 Å². The van der Waals surface area contributed by atoms with Crippen molar-refractivity contribution < 1.29 is 19.1 Å². The van der Waals surface area contributed by atoms with Crippen LogP contribution in [-0.4, -0.2) is 43.4 Å². The molecule has 7 nitrogen and oxygen atoms in total. The van der Waals surface area contributed by atoms with Gasteiger partial charge in [0.2, 0.25) is 0 Å². The number of ether oxygens (including phenoxy) is 2. The van der Waals surface area contributed by atoms with Gasteiger partial charge in [-0.1, -0.05) is 30.3 Å². The number of thioether (sulfide) groups is 1. The Kier molecular flexibility index (Phi) is 5.83. The third-order valence-electron chi connectivity index (χ3n) is 6.16. The molecule has 8 heteroatoms. The summed E-state index contributed by atoms with van der Waals surface area (Å²) in [6.07, 6.45) is 0. The number of benzene rings is 3. The largest absolute Gasteiger partial charge is 0.497 e. The standard InChI is InChI=1S/C26H25N3O4S/c1-32-20-12-10-19(11-13-20)27-25(31)29-14-15-34-26(29)22-8-3-4-9-23(22)28(24(26)30)17-18-6-5-7-21(16-18)33-2/h3-13,16H,14-15,17H2,1-2H3,(H,27,31)/t26-/m1/s1. The lowest BCUT2D eigenvalue weighted by atomic mass is 10.1. The zero-order valence-corrected chi connectivity index (χ0v) is 19.8. The van der Waals surface area contributed by atoms with Gasteiger partial charge in [-0.15, -0.1) is 11.8 Å². The topological polar surface area (TPSA) is 71.1 Å². The first kappa shape index (κ1) is 22.2. The second-order valence-electron chi connectivity index (χ2n) is 8.06. The van der Waals surface area contributed by atoms with E-state index in [1.807, 2.05) is 48.5 Å². The molecular weight excluding hydrogens is 450 g/mol. The Morgan fingerprint density at radius 3 is 2.53 bits per heavy atom. The van der Waals surface area contributed by atoms with E-state index in [0.29, 0.717) is 30.3 Å². The van der Waals surface area contributed by atoms with Crippen molar-refractivity contribution in [3.05, 3.63) is 83.9 Å². The quantitative estimate of drug-likeness (QED) is 0.580. The molecule has 3 amide bonds. The first-order valence-electron chi connectivity index (χ1n) is 11.0. The van der Waals surface area contributed by atoms with Crippen LogP contribution in [0.25, 0.3) is 0 Å². The number of anilines is 2. The third-order valence-corrected chi connectivity index (χ3v) is 7.58. The van der Waals surface area contributed by atoms with Gasteiger partial charge in [-0.05, 0) is 48.0 Å². The van der Waals surface area contributed by atoms with E-state index < -0.39 is 4.87 Å². The summed E-state index contributed by atoms with van der Waals surface area (Å²) in [6.45, 7) is 0.864. The highest BCUT2D eigenvalue weighted by atomic mass is 32.2. The van der Waals surface area contributed by atoms with Crippen LogP contribution in [0, 0.1) is 0 Å². The molecule has 174 valence electrons. The Morgan fingerprint density at radius 2 is 1.76 bits per heavy atom. The van der Waals surface area contributed by atoms with E-state index in [9.17, 15) is 9.59 Å². The number of urea groups is 1. The average molecular weight is 476 g/mol.